The van der Waals surface area contributed by atoms with Crippen LogP contribution in [0.2, 0.25) is 5.02 Å². The van der Waals surface area contributed by atoms with Gasteiger partial charge in [0.2, 0.25) is 0 Å². The molecule has 0 amide bonds. The number of H-pyrrole nitrogens is 1. The van der Waals surface area contributed by atoms with Crippen molar-refractivity contribution in [2.24, 2.45) is 4.99 Å². The van der Waals surface area contributed by atoms with Gasteiger partial charge in [0.05, 0.1) is 29.4 Å². The third-order valence-corrected chi connectivity index (χ3v) is 6.93. The summed E-state index contributed by atoms with van der Waals surface area (Å²) in [6.07, 6.45) is 1.28. The highest BCUT2D eigenvalue weighted by atomic mass is 35.5. The zero-order valence-corrected chi connectivity index (χ0v) is 21.1. The van der Waals surface area contributed by atoms with Crippen LogP contribution >= 0.6 is 11.6 Å². The molecule has 2 saturated heterocycles. The molecule has 2 aromatic heterocycles. The first-order valence-electron chi connectivity index (χ1n) is 12.4. The number of hydrogen-bond donors (Lipinski definition) is 2. The molecule has 2 N–H and O–H groups in total. The first kappa shape index (κ1) is 24.1. The summed E-state index contributed by atoms with van der Waals surface area (Å²) < 4.78 is 17.2. The number of rotatable bonds is 7. The molecule has 6 rings (SSSR count). The molecule has 0 unspecified atom stereocenters. The largest absolute Gasteiger partial charge is 0.456 e. The van der Waals surface area contributed by atoms with Crippen LogP contribution in [0.15, 0.2) is 59.6 Å². The summed E-state index contributed by atoms with van der Waals surface area (Å²) in [7, 11) is 0. The highest BCUT2D eigenvalue weighted by Gasteiger charge is 2.48. The van der Waals surface area contributed by atoms with Crippen molar-refractivity contribution >= 4 is 29.0 Å². The molecule has 37 heavy (non-hydrogen) atoms. The monoisotopic (exact) mass is 518 g/mol. The van der Waals surface area contributed by atoms with Crippen LogP contribution < -0.4 is 4.74 Å². The van der Waals surface area contributed by atoms with E-state index in [2.05, 4.69) is 58.3 Å². The predicted molar refractivity (Wildman–Crippen MR) is 142 cm³/mol. The number of aliphatic hydroxyl groups is 1. The highest BCUT2D eigenvalue weighted by molar-refractivity contribution is 6.33. The Kier molecular flexibility index (Phi) is 6.65. The minimum Gasteiger partial charge on any atom is -0.456 e. The van der Waals surface area contributed by atoms with Gasteiger partial charge < -0.3 is 24.3 Å². The smallest absolute Gasteiger partial charge is 0.296 e. The first-order chi connectivity index (χ1) is 18.1. The molecule has 190 valence electrons. The van der Waals surface area contributed by atoms with Gasteiger partial charge in [-0.15, -0.1) is 0 Å². The topological polar surface area (TPSA) is 102 Å². The maximum atomic E-state index is 9.94. The Morgan fingerprint density at radius 2 is 1.73 bits per heavy atom. The normalized spacial score (nSPS) is 23.2. The summed E-state index contributed by atoms with van der Waals surface area (Å²) in [5.41, 5.74) is 6.03. The Bertz CT molecular complexity index is 1420. The summed E-state index contributed by atoms with van der Waals surface area (Å²) >= 11 is 6.60. The van der Waals surface area contributed by atoms with E-state index in [1.165, 1.54) is 0 Å². The lowest BCUT2D eigenvalue weighted by Gasteiger charge is -2.15. The molecular weight excluding hydrogens is 492 g/mol. The number of nitrogens with zero attached hydrogens (tertiary/aromatic N) is 3. The fourth-order valence-electron chi connectivity index (χ4n) is 4.72. The van der Waals surface area contributed by atoms with Crippen molar-refractivity contribution < 1.29 is 19.3 Å². The molecular formula is C28H27ClN4O4. The molecule has 2 aromatic carbocycles. The SMILES string of the molecule is CCCN=Cc1ccc(-c2ccc(-c3nc4nc(O[C@@H]5CO[C@H]6[C@@H]5OC[C@H]6O)[nH]c4cc3Cl)cc2)cc1. The molecule has 0 aliphatic carbocycles. The lowest BCUT2D eigenvalue weighted by Crippen LogP contribution is -2.34. The van der Waals surface area contributed by atoms with Gasteiger partial charge >= 0.3 is 0 Å². The van der Waals surface area contributed by atoms with Crippen LogP contribution in [-0.4, -0.2) is 70.4 Å². The molecule has 2 fully saturated rings. The van der Waals surface area contributed by atoms with E-state index in [9.17, 15) is 5.11 Å². The quantitative estimate of drug-likeness (QED) is 0.344. The number of aromatic amines is 1. The number of hydrogen-bond acceptors (Lipinski definition) is 7. The van der Waals surface area contributed by atoms with E-state index in [4.69, 9.17) is 30.8 Å². The number of pyridine rings is 1. The number of benzene rings is 2. The first-order valence-corrected chi connectivity index (χ1v) is 12.8. The third kappa shape index (κ3) is 4.85. The molecule has 4 aromatic rings. The van der Waals surface area contributed by atoms with Gasteiger partial charge in [0.1, 0.15) is 18.3 Å². The van der Waals surface area contributed by atoms with Crippen LogP contribution in [0, 0.1) is 0 Å². The number of aliphatic hydroxyl groups excluding tert-OH is 1. The van der Waals surface area contributed by atoms with Gasteiger partial charge in [-0.1, -0.05) is 67.1 Å². The van der Waals surface area contributed by atoms with Gasteiger partial charge in [-0.3, -0.25) is 4.99 Å². The molecule has 8 nitrogen and oxygen atoms in total. The third-order valence-electron chi connectivity index (χ3n) is 6.65. The van der Waals surface area contributed by atoms with Crippen molar-refractivity contribution in [1.29, 1.82) is 0 Å². The Balaban J connectivity index is 1.19. The van der Waals surface area contributed by atoms with E-state index in [-0.39, 0.29) is 24.9 Å². The second kappa shape index (κ2) is 10.2. The van der Waals surface area contributed by atoms with Crippen LogP contribution in [-0.2, 0) is 9.47 Å². The standard InChI is InChI=1S/C28H27ClN4O4/c1-2-11-30-13-16-3-5-17(6-4-16)18-7-9-19(10-8-18)24-20(29)12-21-27(32-24)33-28(31-21)37-23-15-36-25-22(34)14-35-26(23)25/h3-10,12-13,22-23,25-26,34H,2,11,14-15H2,1H3,(H,31,32,33)/t22-,23-,25-,26-/m1/s1. The predicted octanol–water partition coefficient (Wildman–Crippen LogP) is 4.68. The summed E-state index contributed by atoms with van der Waals surface area (Å²) in [4.78, 5) is 16.7. The zero-order valence-electron chi connectivity index (χ0n) is 20.3. The van der Waals surface area contributed by atoms with Crippen molar-refractivity contribution in [2.45, 2.75) is 37.8 Å². The van der Waals surface area contributed by atoms with Crippen molar-refractivity contribution in [3.05, 3.63) is 65.2 Å². The maximum Gasteiger partial charge on any atom is 0.296 e. The summed E-state index contributed by atoms with van der Waals surface area (Å²) in [6, 6.07) is 18.6. The second-order valence-corrected chi connectivity index (χ2v) is 9.69. The van der Waals surface area contributed by atoms with Gasteiger partial charge in [-0.2, -0.15) is 4.98 Å². The van der Waals surface area contributed by atoms with Crippen molar-refractivity contribution in [3.8, 4) is 28.4 Å². The Hall–Kier alpha value is -3.30. The molecule has 2 aliphatic rings. The van der Waals surface area contributed by atoms with Gasteiger partial charge in [-0.05, 0) is 29.2 Å². The highest BCUT2D eigenvalue weighted by Crippen LogP contribution is 2.33. The number of nitrogens with one attached hydrogen (secondary N) is 1. The summed E-state index contributed by atoms with van der Waals surface area (Å²) in [5, 5.41) is 10.4. The van der Waals surface area contributed by atoms with Crippen LogP contribution in [0.5, 0.6) is 6.01 Å². The lowest BCUT2D eigenvalue weighted by molar-refractivity contribution is 0.00706. The zero-order chi connectivity index (χ0) is 25.4. The molecule has 0 bridgehead atoms. The van der Waals surface area contributed by atoms with Gasteiger partial charge in [-0.25, -0.2) is 4.98 Å². The van der Waals surface area contributed by atoms with E-state index in [1.807, 2.05) is 18.3 Å². The van der Waals surface area contributed by atoms with E-state index < -0.39 is 6.10 Å². The molecule has 2 aliphatic heterocycles. The number of aliphatic imine (C=N–C) groups is 1. The molecule has 4 heterocycles. The van der Waals surface area contributed by atoms with Gasteiger partial charge in [0.15, 0.2) is 11.8 Å². The van der Waals surface area contributed by atoms with Crippen LogP contribution in [0.25, 0.3) is 33.5 Å². The molecule has 4 atom stereocenters. The number of ether oxygens (including phenoxy) is 3. The van der Waals surface area contributed by atoms with Gasteiger partial charge in [0.25, 0.3) is 6.01 Å². The summed E-state index contributed by atoms with van der Waals surface area (Å²) in [5.74, 6) is 0. The summed E-state index contributed by atoms with van der Waals surface area (Å²) in [6.45, 7) is 3.53. The fourth-order valence-corrected chi connectivity index (χ4v) is 4.98. The van der Waals surface area contributed by atoms with Crippen LogP contribution in [0.1, 0.15) is 18.9 Å². The number of halogens is 1. The van der Waals surface area contributed by atoms with Crippen LogP contribution in [0.4, 0.5) is 0 Å². The van der Waals surface area contributed by atoms with Gasteiger partial charge in [0, 0.05) is 18.3 Å². The van der Waals surface area contributed by atoms with E-state index in [0.717, 1.165) is 35.2 Å². The number of fused-ring (bicyclic) bond motifs is 2. The van der Waals surface area contributed by atoms with Crippen LogP contribution in [0.3, 0.4) is 0 Å². The van der Waals surface area contributed by atoms with E-state index in [0.29, 0.717) is 34.5 Å². The Morgan fingerprint density at radius 3 is 2.49 bits per heavy atom. The maximum absolute atomic E-state index is 9.94. The molecule has 0 saturated carbocycles. The minimum absolute atomic E-state index is 0.244. The van der Waals surface area contributed by atoms with Crippen molar-refractivity contribution in [1.82, 2.24) is 15.0 Å². The Morgan fingerprint density at radius 1 is 1.03 bits per heavy atom. The number of aromatic nitrogens is 3. The number of imidazole rings is 1. The fraction of sp³-hybridized carbons (Fsp3) is 0.321. The lowest BCUT2D eigenvalue weighted by atomic mass is 10.0. The van der Waals surface area contributed by atoms with E-state index in [1.54, 1.807) is 6.07 Å². The van der Waals surface area contributed by atoms with Crippen molar-refractivity contribution in [2.75, 3.05) is 19.8 Å². The average molecular weight is 519 g/mol. The molecule has 0 spiro atoms. The second-order valence-electron chi connectivity index (χ2n) is 9.29. The molecule has 9 heteroatoms. The molecule has 0 radical (unpaired) electrons. The van der Waals surface area contributed by atoms with Crippen molar-refractivity contribution in [3.63, 3.8) is 0 Å². The minimum atomic E-state index is -0.631. The Labute approximate surface area is 219 Å². The average Bonchev–Trinajstić information content (AvgIpc) is 3.61. The van der Waals surface area contributed by atoms with E-state index >= 15 is 0 Å².